The fourth-order valence-corrected chi connectivity index (χ4v) is 0.559. The van der Waals surface area contributed by atoms with Crippen molar-refractivity contribution in [3.05, 3.63) is 11.8 Å². The van der Waals surface area contributed by atoms with Gasteiger partial charge in [0.1, 0.15) is 11.8 Å². The van der Waals surface area contributed by atoms with Crippen LogP contribution in [0.5, 0.6) is 5.88 Å². The molecule has 2 N–H and O–H groups in total. The number of nitrogens with one attached hydrogen (secondary N) is 2. The summed E-state index contributed by atoms with van der Waals surface area (Å²) < 4.78 is 4.60. The molecule has 62 valence electrons. The third-order valence-electron chi connectivity index (χ3n) is 1.08. The smallest absolute Gasteiger partial charge is 0.390 e. The highest BCUT2D eigenvalue weighted by Gasteiger charge is 2.04. The highest BCUT2D eigenvalue weighted by Crippen LogP contribution is 2.06. The van der Waals surface area contributed by atoms with E-state index in [0.717, 1.165) is 0 Å². The van der Waals surface area contributed by atoms with Gasteiger partial charge in [0.05, 0.1) is 0 Å². The lowest BCUT2D eigenvalue weighted by Crippen LogP contribution is -2.22. The van der Waals surface area contributed by atoms with Gasteiger partial charge in [-0.05, 0) is 0 Å². The van der Waals surface area contributed by atoms with Crippen LogP contribution in [0.4, 0.5) is 4.79 Å². The first-order valence-corrected chi connectivity index (χ1v) is 3.11. The van der Waals surface area contributed by atoms with Crippen molar-refractivity contribution in [3.63, 3.8) is 0 Å². The second-order valence-electron chi connectivity index (χ2n) is 1.87. The molecule has 0 fully saturated rings. The average molecular weight is 166 g/mol. The predicted octanol–water partition coefficient (Wildman–Crippen LogP) is -0.000420. The van der Waals surface area contributed by atoms with Crippen molar-refractivity contribution in [2.24, 2.45) is 0 Å². The van der Waals surface area contributed by atoms with Crippen LogP contribution in [0, 0.1) is 11.3 Å². The largest absolute Gasteiger partial charge is 0.413 e. The van der Waals surface area contributed by atoms with Gasteiger partial charge >= 0.3 is 6.09 Å². The minimum absolute atomic E-state index is 0.0749. The minimum atomic E-state index is -0.619. The number of hydrogen-bond acceptors (Lipinski definition) is 4. The Kier molecular flexibility index (Phi) is 2.28. The monoisotopic (exact) mass is 166 g/mol. The molecular formula is C6H6N4O2. The van der Waals surface area contributed by atoms with Gasteiger partial charge < -0.3 is 10.1 Å². The molecule has 0 spiro atoms. The number of hydrogen-bond donors (Lipinski definition) is 2. The first kappa shape index (κ1) is 8.07. The molecule has 6 heteroatoms. The lowest BCUT2D eigenvalue weighted by atomic mass is 10.5. The average Bonchev–Trinajstić information content (AvgIpc) is 2.52. The quantitative estimate of drug-likeness (QED) is 0.614. The summed E-state index contributed by atoms with van der Waals surface area (Å²) in [5.74, 6) is 0.0749. The van der Waals surface area contributed by atoms with Crippen molar-refractivity contribution in [3.8, 4) is 11.9 Å². The number of nitriles is 1. The number of H-pyrrole nitrogens is 1. The zero-order valence-electron chi connectivity index (χ0n) is 6.29. The van der Waals surface area contributed by atoms with Crippen molar-refractivity contribution in [1.82, 2.24) is 15.5 Å². The van der Waals surface area contributed by atoms with E-state index in [9.17, 15) is 4.79 Å². The second kappa shape index (κ2) is 3.39. The molecule has 0 unspecified atom stereocenters. The number of ether oxygens (including phenoxy) is 1. The molecule has 0 aliphatic rings. The third kappa shape index (κ3) is 1.73. The van der Waals surface area contributed by atoms with Crippen LogP contribution in [-0.2, 0) is 0 Å². The van der Waals surface area contributed by atoms with E-state index >= 15 is 0 Å². The van der Waals surface area contributed by atoms with E-state index in [1.54, 1.807) is 0 Å². The summed E-state index contributed by atoms with van der Waals surface area (Å²) >= 11 is 0. The fourth-order valence-electron chi connectivity index (χ4n) is 0.559. The van der Waals surface area contributed by atoms with Gasteiger partial charge in [-0.15, -0.1) is 5.10 Å². The van der Waals surface area contributed by atoms with E-state index in [0.29, 0.717) is 0 Å². The molecule has 1 rings (SSSR count). The van der Waals surface area contributed by atoms with Crippen molar-refractivity contribution >= 4 is 6.09 Å². The van der Waals surface area contributed by atoms with Crippen LogP contribution in [-0.4, -0.2) is 23.3 Å². The van der Waals surface area contributed by atoms with E-state index in [4.69, 9.17) is 5.26 Å². The maximum absolute atomic E-state index is 10.6. The summed E-state index contributed by atoms with van der Waals surface area (Å²) in [5, 5.41) is 16.5. The summed E-state index contributed by atoms with van der Waals surface area (Å²) in [6.45, 7) is 0. The molecule has 1 aromatic heterocycles. The topological polar surface area (TPSA) is 90.8 Å². The van der Waals surface area contributed by atoms with Gasteiger partial charge in [0.15, 0.2) is 0 Å². The Labute approximate surface area is 68.1 Å². The van der Waals surface area contributed by atoms with Crippen LogP contribution in [0.25, 0.3) is 0 Å². The van der Waals surface area contributed by atoms with Crippen LogP contribution in [0.1, 0.15) is 5.69 Å². The van der Waals surface area contributed by atoms with Crippen LogP contribution in [0.15, 0.2) is 6.07 Å². The van der Waals surface area contributed by atoms with Gasteiger partial charge in [0.2, 0.25) is 5.88 Å². The molecule has 0 saturated heterocycles. The molecule has 0 aliphatic carbocycles. The van der Waals surface area contributed by atoms with E-state index < -0.39 is 6.09 Å². The lowest BCUT2D eigenvalue weighted by molar-refractivity contribution is 0.201. The molecule has 0 aromatic carbocycles. The summed E-state index contributed by atoms with van der Waals surface area (Å²) in [6, 6.07) is 3.14. The fraction of sp³-hybridized carbons (Fsp3) is 0.167. The Morgan fingerprint density at radius 2 is 2.67 bits per heavy atom. The Morgan fingerprint density at radius 1 is 1.92 bits per heavy atom. The van der Waals surface area contributed by atoms with Gasteiger partial charge in [0.25, 0.3) is 0 Å². The molecule has 0 atom stereocenters. The maximum Gasteiger partial charge on any atom is 0.413 e. The summed E-state index contributed by atoms with van der Waals surface area (Å²) in [6.07, 6.45) is -0.619. The Bertz CT molecular complexity index is 325. The van der Waals surface area contributed by atoms with Crippen molar-refractivity contribution < 1.29 is 9.53 Å². The third-order valence-corrected chi connectivity index (χ3v) is 1.08. The Balaban J connectivity index is 2.65. The van der Waals surface area contributed by atoms with Crippen molar-refractivity contribution in [2.75, 3.05) is 7.05 Å². The maximum atomic E-state index is 10.6. The van der Waals surface area contributed by atoms with Crippen LogP contribution >= 0.6 is 0 Å². The van der Waals surface area contributed by atoms with Gasteiger partial charge in [0, 0.05) is 13.1 Å². The van der Waals surface area contributed by atoms with E-state index in [1.165, 1.54) is 13.1 Å². The van der Waals surface area contributed by atoms with E-state index in [1.807, 2.05) is 6.07 Å². The van der Waals surface area contributed by atoms with Gasteiger partial charge in [-0.2, -0.15) is 5.26 Å². The Hall–Kier alpha value is -2.03. The first-order chi connectivity index (χ1) is 5.76. The second-order valence-corrected chi connectivity index (χ2v) is 1.87. The number of carbonyl (C=O) groups is 1. The number of amides is 1. The minimum Gasteiger partial charge on any atom is -0.390 e. The Morgan fingerprint density at radius 3 is 3.17 bits per heavy atom. The standard InChI is InChI=1S/C6H6N4O2/c1-8-6(11)12-5-2-4(3-7)9-10-5/h2H,1H3,(H,8,11)(H,9,10). The molecule has 0 aliphatic heterocycles. The molecule has 0 saturated carbocycles. The van der Waals surface area contributed by atoms with Gasteiger partial charge in [-0.25, -0.2) is 4.79 Å². The molecule has 6 nitrogen and oxygen atoms in total. The van der Waals surface area contributed by atoms with Crippen LogP contribution < -0.4 is 10.1 Å². The molecule has 0 radical (unpaired) electrons. The van der Waals surface area contributed by atoms with E-state index in [-0.39, 0.29) is 11.6 Å². The molecule has 1 heterocycles. The van der Waals surface area contributed by atoms with Gasteiger partial charge in [-0.1, -0.05) is 0 Å². The van der Waals surface area contributed by atoms with Crippen molar-refractivity contribution in [2.45, 2.75) is 0 Å². The summed E-state index contributed by atoms with van der Waals surface area (Å²) in [5.41, 5.74) is 0.244. The highest BCUT2D eigenvalue weighted by atomic mass is 16.6. The predicted molar refractivity (Wildman–Crippen MR) is 38.4 cm³/mol. The van der Waals surface area contributed by atoms with Crippen LogP contribution in [0.3, 0.4) is 0 Å². The number of rotatable bonds is 1. The molecule has 1 aromatic rings. The van der Waals surface area contributed by atoms with Gasteiger partial charge in [-0.3, -0.25) is 5.10 Å². The number of nitrogens with zero attached hydrogens (tertiary/aromatic N) is 2. The number of carbonyl (C=O) groups excluding carboxylic acids is 1. The zero-order chi connectivity index (χ0) is 8.97. The first-order valence-electron chi connectivity index (χ1n) is 3.11. The number of aromatic amines is 1. The molecule has 1 amide bonds. The normalized spacial score (nSPS) is 8.67. The summed E-state index contributed by atoms with van der Waals surface area (Å²) in [7, 11) is 1.43. The SMILES string of the molecule is CNC(=O)Oc1cc(C#N)[nH]n1. The molecule has 12 heavy (non-hydrogen) atoms. The lowest BCUT2D eigenvalue weighted by Gasteiger charge is -1.95. The molecule has 0 bridgehead atoms. The zero-order valence-corrected chi connectivity index (χ0v) is 6.29. The summed E-state index contributed by atoms with van der Waals surface area (Å²) in [4.78, 5) is 10.6. The molecular weight excluding hydrogens is 160 g/mol. The van der Waals surface area contributed by atoms with Crippen molar-refractivity contribution in [1.29, 1.82) is 5.26 Å². The van der Waals surface area contributed by atoms with E-state index in [2.05, 4.69) is 20.3 Å². The van der Waals surface area contributed by atoms with Crippen LogP contribution in [0.2, 0.25) is 0 Å². The number of aromatic nitrogens is 2. The highest BCUT2D eigenvalue weighted by molar-refractivity contribution is 5.69.